The maximum Gasteiger partial charge on any atom is 0.255 e. The zero-order valence-electron chi connectivity index (χ0n) is 17.2. The first-order valence-corrected chi connectivity index (χ1v) is 10.2. The highest BCUT2D eigenvalue weighted by Gasteiger charge is 2.32. The highest BCUT2D eigenvalue weighted by atomic mass is 16.2. The number of carbonyl (C=O) groups is 1. The van der Waals surface area contributed by atoms with Crippen LogP contribution in [-0.2, 0) is 6.54 Å². The Bertz CT molecular complexity index is 1270. The summed E-state index contributed by atoms with van der Waals surface area (Å²) in [7, 11) is 0. The summed E-state index contributed by atoms with van der Waals surface area (Å²) in [6.07, 6.45) is 7.60. The summed E-state index contributed by atoms with van der Waals surface area (Å²) in [4.78, 5) is 14.6. The molecule has 0 aliphatic carbocycles. The quantitative estimate of drug-likeness (QED) is 0.542. The lowest BCUT2D eigenvalue weighted by Gasteiger charge is -2.35. The maximum atomic E-state index is 12.9. The van der Waals surface area contributed by atoms with E-state index >= 15 is 0 Å². The Hall–Kier alpha value is -4.05. The number of hydrogen-bond donors (Lipinski definition) is 1. The van der Waals surface area contributed by atoms with Crippen molar-refractivity contribution >= 4 is 22.8 Å². The van der Waals surface area contributed by atoms with Gasteiger partial charge in [-0.15, -0.1) is 0 Å². The second-order valence-corrected chi connectivity index (χ2v) is 7.92. The number of nitrogens with zero attached hydrogens (tertiary/aromatic N) is 5. The molecule has 0 radical (unpaired) electrons. The molecule has 0 spiro atoms. The van der Waals surface area contributed by atoms with Gasteiger partial charge in [0.2, 0.25) is 0 Å². The summed E-state index contributed by atoms with van der Waals surface area (Å²) in [5.74, 6) is -0.105. The monoisotopic (exact) mass is 410 g/mol. The second-order valence-electron chi connectivity index (χ2n) is 7.92. The molecule has 154 valence electrons. The second kappa shape index (κ2) is 7.65. The van der Waals surface area contributed by atoms with Crippen LogP contribution in [0.5, 0.6) is 0 Å². The minimum Gasteiger partial charge on any atom is -0.354 e. The molecule has 0 atom stereocenters. The fraction of sp³-hybridized carbons (Fsp3) is 0.208. The molecular formula is C24H22N6O. The summed E-state index contributed by atoms with van der Waals surface area (Å²) in [5.41, 5.74) is 5.46. The molecule has 1 N–H and O–H groups in total. The number of rotatable bonds is 5. The molecule has 4 heterocycles. The highest BCUT2D eigenvalue weighted by Crippen LogP contribution is 2.29. The molecule has 1 saturated heterocycles. The number of nitriles is 1. The SMILES string of the molecule is Cc1c(C(=O)N2CC(C#N)C2)cn2nccc(Nc3ccc(Cn4cccc4)cc3)c12. The van der Waals surface area contributed by atoms with E-state index in [0.717, 1.165) is 29.0 Å². The molecule has 4 aromatic rings. The zero-order valence-corrected chi connectivity index (χ0v) is 17.2. The number of benzene rings is 1. The Morgan fingerprint density at radius 1 is 1.19 bits per heavy atom. The van der Waals surface area contributed by atoms with Crippen LogP contribution in [0.2, 0.25) is 0 Å². The molecule has 31 heavy (non-hydrogen) atoms. The van der Waals surface area contributed by atoms with Crippen molar-refractivity contribution in [3.63, 3.8) is 0 Å². The lowest BCUT2D eigenvalue weighted by molar-refractivity contribution is 0.0576. The molecule has 7 heteroatoms. The first-order valence-electron chi connectivity index (χ1n) is 10.2. The normalized spacial score (nSPS) is 13.7. The Morgan fingerprint density at radius 2 is 1.94 bits per heavy atom. The fourth-order valence-corrected chi connectivity index (χ4v) is 4.01. The Kier molecular flexibility index (Phi) is 4.68. The van der Waals surface area contributed by atoms with E-state index in [4.69, 9.17) is 5.26 Å². The Morgan fingerprint density at radius 3 is 2.65 bits per heavy atom. The minimum atomic E-state index is -0.0582. The van der Waals surface area contributed by atoms with Crippen LogP contribution in [0.4, 0.5) is 11.4 Å². The number of anilines is 2. The van der Waals surface area contributed by atoms with E-state index < -0.39 is 0 Å². The lowest BCUT2D eigenvalue weighted by atomic mass is 10.0. The van der Waals surface area contributed by atoms with Crippen molar-refractivity contribution in [2.24, 2.45) is 5.92 Å². The summed E-state index contributed by atoms with van der Waals surface area (Å²) in [6.45, 7) is 3.76. The molecule has 1 aromatic carbocycles. The first kappa shape index (κ1) is 18.9. The van der Waals surface area contributed by atoms with E-state index in [1.54, 1.807) is 21.8 Å². The van der Waals surface area contributed by atoms with Crippen molar-refractivity contribution < 1.29 is 4.79 Å². The van der Waals surface area contributed by atoms with Crippen LogP contribution in [-0.4, -0.2) is 38.1 Å². The van der Waals surface area contributed by atoms with Crippen molar-refractivity contribution in [1.82, 2.24) is 19.1 Å². The van der Waals surface area contributed by atoms with Crippen molar-refractivity contribution in [1.29, 1.82) is 5.26 Å². The summed E-state index contributed by atoms with van der Waals surface area (Å²) >= 11 is 0. The van der Waals surface area contributed by atoms with Gasteiger partial charge >= 0.3 is 0 Å². The van der Waals surface area contributed by atoms with Gasteiger partial charge in [0, 0.05) is 50.1 Å². The molecular weight excluding hydrogens is 388 g/mol. The van der Waals surface area contributed by atoms with Crippen LogP contribution in [0.25, 0.3) is 5.52 Å². The molecule has 1 aliphatic rings. The van der Waals surface area contributed by atoms with E-state index in [2.05, 4.69) is 57.7 Å². The van der Waals surface area contributed by atoms with E-state index in [0.29, 0.717) is 18.7 Å². The van der Waals surface area contributed by atoms with Gasteiger partial charge in [0.25, 0.3) is 5.91 Å². The Balaban J connectivity index is 1.38. The number of amides is 1. The summed E-state index contributed by atoms with van der Waals surface area (Å²) in [6, 6.07) is 16.5. The molecule has 7 nitrogen and oxygen atoms in total. The standard InChI is InChI=1S/C24H22N6O/c1-17-21(24(31)29-14-19(12-25)15-29)16-30-23(17)22(8-9-26-30)27-20-6-4-18(5-7-20)13-28-10-2-3-11-28/h2-11,16,19,27H,13-15H2,1H3. The zero-order chi connectivity index (χ0) is 21.4. The van der Waals surface area contributed by atoms with Crippen LogP contribution < -0.4 is 5.32 Å². The number of likely N-dealkylation sites (tertiary alicyclic amines) is 1. The molecule has 0 bridgehead atoms. The van der Waals surface area contributed by atoms with Crippen molar-refractivity contribution in [2.75, 3.05) is 18.4 Å². The average molecular weight is 410 g/mol. The smallest absolute Gasteiger partial charge is 0.255 e. The molecule has 1 amide bonds. The number of nitrogens with one attached hydrogen (secondary N) is 1. The Labute approximate surface area is 180 Å². The van der Waals surface area contributed by atoms with Crippen molar-refractivity contribution in [2.45, 2.75) is 13.5 Å². The van der Waals surface area contributed by atoms with Gasteiger partial charge in [-0.25, -0.2) is 4.52 Å². The number of carbonyl (C=O) groups excluding carboxylic acids is 1. The number of aryl methyl sites for hydroxylation is 1. The lowest BCUT2D eigenvalue weighted by Crippen LogP contribution is -2.49. The maximum absolute atomic E-state index is 12.9. The minimum absolute atomic E-state index is 0.0465. The van der Waals surface area contributed by atoms with Gasteiger partial charge in [-0.3, -0.25) is 4.79 Å². The number of hydrogen-bond acceptors (Lipinski definition) is 4. The number of fused-ring (bicyclic) bond motifs is 1. The van der Waals surface area contributed by atoms with Gasteiger partial charge in [-0.1, -0.05) is 12.1 Å². The topological polar surface area (TPSA) is 78.4 Å². The van der Waals surface area contributed by atoms with Gasteiger partial charge < -0.3 is 14.8 Å². The fourth-order valence-electron chi connectivity index (χ4n) is 4.01. The molecule has 1 aliphatic heterocycles. The summed E-state index contributed by atoms with van der Waals surface area (Å²) < 4.78 is 3.88. The highest BCUT2D eigenvalue weighted by molar-refractivity contribution is 6.00. The van der Waals surface area contributed by atoms with Crippen molar-refractivity contribution in [3.05, 3.63) is 83.9 Å². The molecule has 5 rings (SSSR count). The molecule has 3 aromatic heterocycles. The van der Waals surface area contributed by atoms with E-state index in [-0.39, 0.29) is 11.8 Å². The third-order valence-electron chi connectivity index (χ3n) is 5.77. The number of aromatic nitrogens is 3. The van der Waals surface area contributed by atoms with Crippen LogP contribution in [0, 0.1) is 24.2 Å². The van der Waals surface area contributed by atoms with Gasteiger partial charge in [0.15, 0.2) is 0 Å². The van der Waals surface area contributed by atoms with Crippen LogP contribution in [0.15, 0.2) is 67.3 Å². The average Bonchev–Trinajstić information content (AvgIpc) is 3.37. The van der Waals surface area contributed by atoms with Gasteiger partial charge in [0.1, 0.15) is 0 Å². The molecule has 1 fully saturated rings. The predicted molar refractivity (Wildman–Crippen MR) is 118 cm³/mol. The van der Waals surface area contributed by atoms with Gasteiger partial charge in [-0.2, -0.15) is 10.4 Å². The third-order valence-corrected chi connectivity index (χ3v) is 5.77. The van der Waals surface area contributed by atoms with E-state index in [1.165, 1.54) is 5.56 Å². The van der Waals surface area contributed by atoms with Gasteiger partial charge in [-0.05, 0) is 48.4 Å². The van der Waals surface area contributed by atoms with Crippen LogP contribution >= 0.6 is 0 Å². The summed E-state index contributed by atoms with van der Waals surface area (Å²) in [5, 5.41) is 16.8. The van der Waals surface area contributed by atoms with Gasteiger partial charge in [0.05, 0.1) is 28.8 Å². The predicted octanol–water partition coefficient (Wildman–Crippen LogP) is 3.83. The van der Waals surface area contributed by atoms with Crippen LogP contribution in [0.1, 0.15) is 21.5 Å². The van der Waals surface area contributed by atoms with Crippen LogP contribution in [0.3, 0.4) is 0 Å². The van der Waals surface area contributed by atoms with E-state index in [9.17, 15) is 4.79 Å². The first-order chi connectivity index (χ1) is 15.1. The largest absolute Gasteiger partial charge is 0.354 e. The molecule has 0 unspecified atom stereocenters. The van der Waals surface area contributed by atoms with Crippen molar-refractivity contribution in [3.8, 4) is 6.07 Å². The van der Waals surface area contributed by atoms with E-state index in [1.807, 2.05) is 25.1 Å². The third kappa shape index (κ3) is 3.53. The molecule has 0 saturated carbocycles.